The zero-order valence-corrected chi connectivity index (χ0v) is 51.1. The molecule has 0 aliphatic carbocycles. The van der Waals surface area contributed by atoms with E-state index in [-0.39, 0.29) is 99.3 Å². The Kier molecular flexibility index (Phi) is 33.1. The van der Waals surface area contributed by atoms with E-state index in [9.17, 15) is 30.0 Å². The predicted octanol–water partition coefficient (Wildman–Crippen LogP) is 8.19. The molecule has 0 aliphatic rings. The van der Waals surface area contributed by atoms with Crippen LogP contribution in [0.5, 0.6) is 23.0 Å². The maximum Gasteiger partial charge on any atom is 2.00 e. The Balaban J connectivity index is 0.000000676. The van der Waals surface area contributed by atoms with Gasteiger partial charge in [0.2, 0.25) is 0 Å². The van der Waals surface area contributed by atoms with Crippen molar-refractivity contribution in [3.8, 4) is 23.0 Å². The molecule has 6 aromatic carbocycles. The van der Waals surface area contributed by atoms with E-state index in [0.717, 1.165) is 25.3 Å². The minimum atomic E-state index is -0.848. The third-order valence-electron chi connectivity index (χ3n) is 11.0. The summed E-state index contributed by atoms with van der Waals surface area (Å²) < 4.78 is 21.0. The van der Waals surface area contributed by atoms with Gasteiger partial charge >= 0.3 is 39.0 Å². The number of hydrogen-bond acceptors (Lipinski definition) is 14. The van der Waals surface area contributed by atoms with E-state index in [1.54, 1.807) is 24.3 Å². The van der Waals surface area contributed by atoms with Gasteiger partial charge in [0.1, 0.15) is 12.6 Å². The largest absolute Gasteiger partial charge is 2.00 e. The van der Waals surface area contributed by atoms with Gasteiger partial charge in [-0.2, -0.15) is 0 Å². The molecule has 0 saturated heterocycles. The molecule has 0 bridgehead atoms. The second-order valence-corrected chi connectivity index (χ2v) is 17.4. The van der Waals surface area contributed by atoms with Crippen LogP contribution in [-0.2, 0) is 96.9 Å². The number of benzene rings is 6. The number of rotatable bonds is 22. The molecule has 0 radical (unpaired) electrons. The molecule has 2 N–H and O–H groups in total. The van der Waals surface area contributed by atoms with Crippen molar-refractivity contribution in [2.45, 2.75) is 51.6 Å². The maximum absolute atomic E-state index is 13.2. The van der Waals surface area contributed by atoms with Crippen LogP contribution in [0.25, 0.3) is 0 Å². The molecule has 6 rings (SSSR count). The van der Waals surface area contributed by atoms with Crippen molar-refractivity contribution in [2.24, 2.45) is 0 Å². The number of aldehydes is 2. The summed E-state index contributed by atoms with van der Waals surface area (Å²) in [6, 6.07) is 31.9. The SMILES string of the molecule is CO.CO.COC(OC)c1cc(Cl)cc(CN(CCc2ccccc2)Cc2cc(Cl)cc(C=O)c2[O-])c1[O-].COC(OC)c1cc(Cl)cc(CN(CCc2ccccc2)Cc2cc(Cl)cc(C=O)c2[O-])c1[O-].[Zn+2].[Zn+2]. The molecular formula is C54H58Cl4N2O12Zn2. The monoisotopic (exact) mass is 1190 g/mol. The summed E-state index contributed by atoms with van der Waals surface area (Å²) >= 11 is 24.9. The van der Waals surface area contributed by atoms with Gasteiger partial charge in [0.05, 0.1) is 0 Å². The van der Waals surface area contributed by atoms with E-state index >= 15 is 0 Å². The predicted molar refractivity (Wildman–Crippen MR) is 273 cm³/mol. The smallest absolute Gasteiger partial charge is 0.872 e. The normalized spacial score (nSPS) is 10.6. The van der Waals surface area contributed by atoms with Crippen molar-refractivity contribution in [1.82, 2.24) is 9.80 Å². The number of carbonyl (C=O) groups excluding carboxylic acids is 2. The van der Waals surface area contributed by atoms with E-state index in [4.69, 9.17) is 75.6 Å². The Labute approximate surface area is 478 Å². The van der Waals surface area contributed by atoms with Crippen LogP contribution >= 0.6 is 46.4 Å². The molecule has 0 fully saturated rings. The number of aliphatic hydroxyl groups excluding tert-OH is 2. The van der Waals surface area contributed by atoms with Gasteiger partial charge in [-0.1, -0.05) is 130 Å². The van der Waals surface area contributed by atoms with Crippen LogP contribution in [0.4, 0.5) is 0 Å². The molecule has 0 saturated carbocycles. The molecule has 0 atom stereocenters. The van der Waals surface area contributed by atoms with Crippen LogP contribution in [0.1, 0.15) is 77.8 Å². The molecule has 20 heteroatoms. The standard InChI is InChI=1S/2C26H27Cl2NO5.2CH4O.2Zn/c2*1-33-26(34-2)23-13-22(28)11-19(25(23)32)15-29(9-8-17-6-4-3-5-7-17)14-18-10-21(27)12-20(16-30)24(18)31;2*1-2;;/h2*3-7,10-13,16,26,31-32H,8-9,14-15H2,1-2H3;2*2H,1H3;;/q;;;;2*+2/p-4. The Morgan fingerprint density at radius 2 is 0.730 bits per heavy atom. The van der Waals surface area contributed by atoms with Gasteiger partial charge in [0, 0.05) is 124 Å². The topological polar surface area (TPSA) is 210 Å². The molecule has 6 aromatic rings. The second kappa shape index (κ2) is 36.1. The maximum atomic E-state index is 13.2. The molecule has 14 nitrogen and oxygen atoms in total. The van der Waals surface area contributed by atoms with E-state index in [1.807, 2.05) is 70.5 Å². The van der Waals surface area contributed by atoms with Crippen LogP contribution in [0.3, 0.4) is 0 Å². The molecule has 0 heterocycles. The Morgan fingerprint density at radius 3 is 1.00 bits per heavy atom. The van der Waals surface area contributed by atoms with Crippen molar-refractivity contribution in [1.29, 1.82) is 0 Å². The Hall–Kier alpha value is -4.05. The molecule has 388 valence electrons. The van der Waals surface area contributed by atoms with Crippen LogP contribution in [0.15, 0.2) is 109 Å². The van der Waals surface area contributed by atoms with Crippen LogP contribution in [0.2, 0.25) is 20.1 Å². The van der Waals surface area contributed by atoms with E-state index < -0.39 is 12.6 Å². The average Bonchev–Trinajstić information content (AvgIpc) is 3.39. The van der Waals surface area contributed by atoms with Gasteiger partial charge in [0.15, 0.2) is 12.6 Å². The number of methoxy groups -OCH3 is 4. The first-order valence-electron chi connectivity index (χ1n) is 22.1. The Morgan fingerprint density at radius 1 is 0.459 bits per heavy atom. The fourth-order valence-corrected chi connectivity index (χ4v) is 8.64. The third-order valence-corrected chi connectivity index (χ3v) is 11.8. The number of ether oxygens (including phenoxy) is 4. The zero-order valence-electron chi connectivity index (χ0n) is 42.2. The third kappa shape index (κ3) is 20.5. The number of nitrogens with zero attached hydrogens (tertiary/aromatic N) is 2. The Bertz CT molecular complexity index is 2440. The molecule has 0 unspecified atom stereocenters. The summed E-state index contributed by atoms with van der Waals surface area (Å²) in [6.07, 6.45) is 0.687. The summed E-state index contributed by atoms with van der Waals surface area (Å²) in [5.41, 5.74) is 4.47. The number of carbonyl (C=O) groups is 2. The molecule has 0 aromatic heterocycles. The van der Waals surface area contributed by atoms with Crippen LogP contribution in [0, 0.1) is 0 Å². The molecule has 0 amide bonds. The van der Waals surface area contributed by atoms with Gasteiger partial charge in [0.25, 0.3) is 0 Å². The second-order valence-electron chi connectivity index (χ2n) is 15.7. The first-order valence-corrected chi connectivity index (χ1v) is 23.6. The van der Waals surface area contributed by atoms with E-state index in [0.29, 0.717) is 92.0 Å². The van der Waals surface area contributed by atoms with Gasteiger partial charge in [-0.3, -0.25) is 19.4 Å². The van der Waals surface area contributed by atoms with Crippen molar-refractivity contribution >= 4 is 59.0 Å². The van der Waals surface area contributed by atoms with Crippen LogP contribution < -0.4 is 20.4 Å². The first kappa shape index (κ1) is 68.0. The van der Waals surface area contributed by atoms with Crippen molar-refractivity contribution in [3.63, 3.8) is 0 Å². The van der Waals surface area contributed by atoms with E-state index in [1.165, 1.54) is 52.7 Å². The van der Waals surface area contributed by atoms with Gasteiger partial charge in [-0.15, -0.1) is 0 Å². The number of halogens is 4. The summed E-state index contributed by atoms with van der Waals surface area (Å²) in [5, 5.41) is 67.2. The van der Waals surface area contributed by atoms with Crippen molar-refractivity contribution < 1.29 is 98.1 Å². The summed E-state index contributed by atoms with van der Waals surface area (Å²) in [7, 11) is 7.78. The number of aliphatic hydroxyl groups is 2. The fourth-order valence-electron chi connectivity index (χ4n) is 7.64. The minimum absolute atomic E-state index is 0. The summed E-state index contributed by atoms with van der Waals surface area (Å²) in [4.78, 5) is 26.5. The molecule has 0 aliphatic heterocycles. The summed E-state index contributed by atoms with van der Waals surface area (Å²) in [5.74, 6) is -1.25. The zero-order chi connectivity index (χ0) is 53.3. The quantitative estimate of drug-likeness (QED) is 0.0373. The summed E-state index contributed by atoms with van der Waals surface area (Å²) in [6.45, 7) is 1.94. The molecule has 0 spiro atoms. The van der Waals surface area contributed by atoms with Crippen molar-refractivity contribution in [2.75, 3.05) is 55.7 Å². The minimum Gasteiger partial charge on any atom is -0.872 e. The average molecular weight is 1200 g/mol. The molecule has 74 heavy (non-hydrogen) atoms. The van der Waals surface area contributed by atoms with Gasteiger partial charge in [-0.25, -0.2) is 0 Å². The van der Waals surface area contributed by atoms with Crippen molar-refractivity contribution in [3.05, 3.63) is 185 Å². The number of hydrogen-bond donors (Lipinski definition) is 2. The van der Waals surface area contributed by atoms with E-state index in [2.05, 4.69) is 0 Å². The fraction of sp³-hybridized carbons (Fsp3) is 0.296. The first-order chi connectivity index (χ1) is 34.7. The van der Waals surface area contributed by atoms with Crippen LogP contribution in [-0.4, -0.2) is 88.3 Å². The van der Waals surface area contributed by atoms with Gasteiger partial charge < -0.3 is 49.6 Å². The van der Waals surface area contributed by atoms with Gasteiger partial charge in [-0.05, 0) is 94.8 Å². The molecular weight excluding hydrogens is 1140 g/mol.